The van der Waals surface area contributed by atoms with Gasteiger partial charge in [0.2, 0.25) is 5.91 Å². The largest absolute Gasteiger partial charge is 0.305 e. The van der Waals surface area contributed by atoms with E-state index in [2.05, 4.69) is 12.2 Å². The van der Waals surface area contributed by atoms with E-state index in [1.807, 2.05) is 18.2 Å². The molecule has 1 aliphatic carbocycles. The first kappa shape index (κ1) is 13.3. The number of nitrogens with zero attached hydrogens (tertiary/aromatic N) is 1. The highest BCUT2D eigenvalue weighted by molar-refractivity contribution is 6.22. The molecule has 0 spiro atoms. The number of amides is 2. The van der Waals surface area contributed by atoms with E-state index in [1.54, 1.807) is 12.1 Å². The lowest BCUT2D eigenvalue weighted by atomic mass is 10.1. The van der Waals surface area contributed by atoms with E-state index in [0.29, 0.717) is 11.6 Å². The molecule has 0 aromatic heterocycles. The molecule has 1 aliphatic heterocycles. The summed E-state index contributed by atoms with van der Waals surface area (Å²) < 4.78 is 0. The molecule has 1 N–H and O–H groups in total. The summed E-state index contributed by atoms with van der Waals surface area (Å²) in [6.07, 6.45) is 2.87. The number of carbonyl (C=O) groups excluding carboxylic acids is 2. The van der Waals surface area contributed by atoms with Crippen LogP contribution in [0.1, 0.15) is 26.2 Å². The maximum atomic E-state index is 12.4. The van der Waals surface area contributed by atoms with Gasteiger partial charge >= 0.3 is 0 Å². The van der Waals surface area contributed by atoms with Crippen molar-refractivity contribution in [1.82, 2.24) is 5.32 Å². The van der Waals surface area contributed by atoms with Crippen LogP contribution in [0.3, 0.4) is 0 Å². The summed E-state index contributed by atoms with van der Waals surface area (Å²) in [5.74, 6) is 1.16. The van der Waals surface area contributed by atoms with E-state index in [1.165, 1.54) is 17.7 Å². The molecule has 4 nitrogen and oxygen atoms in total. The minimum Gasteiger partial charge on any atom is -0.305 e. The number of hydrogen-bond acceptors (Lipinski definition) is 3. The first-order valence-corrected chi connectivity index (χ1v) is 7.32. The van der Waals surface area contributed by atoms with E-state index in [4.69, 9.17) is 0 Å². The summed E-state index contributed by atoms with van der Waals surface area (Å²) in [5, 5.41) is 3.27. The second-order valence-corrected chi connectivity index (χ2v) is 5.88. The van der Waals surface area contributed by atoms with E-state index in [-0.39, 0.29) is 24.3 Å². The third kappa shape index (κ3) is 2.61. The molecule has 2 fully saturated rings. The number of hydrogen-bond donors (Lipinski definition) is 1. The Morgan fingerprint density at radius 1 is 1.25 bits per heavy atom. The number of imide groups is 1. The quantitative estimate of drug-likeness (QED) is 0.834. The Balaban J connectivity index is 1.64. The van der Waals surface area contributed by atoms with E-state index in [0.717, 1.165) is 12.5 Å². The van der Waals surface area contributed by atoms with Crippen molar-refractivity contribution in [3.8, 4) is 0 Å². The van der Waals surface area contributed by atoms with Crippen LogP contribution in [0.2, 0.25) is 0 Å². The molecule has 3 rings (SSSR count). The van der Waals surface area contributed by atoms with Gasteiger partial charge in [-0.15, -0.1) is 0 Å². The third-order valence-corrected chi connectivity index (χ3v) is 4.27. The van der Waals surface area contributed by atoms with Crippen molar-refractivity contribution in [1.29, 1.82) is 0 Å². The fraction of sp³-hybridized carbons (Fsp3) is 0.500. The number of anilines is 1. The SMILES string of the molecule is CC(CNC1CC(=O)N(c2ccccc2)C1=O)C1CC1. The summed E-state index contributed by atoms with van der Waals surface area (Å²) in [6, 6.07) is 8.79. The van der Waals surface area contributed by atoms with Gasteiger partial charge in [0.1, 0.15) is 0 Å². The Kier molecular flexibility index (Phi) is 3.57. The van der Waals surface area contributed by atoms with Crippen molar-refractivity contribution in [2.45, 2.75) is 32.2 Å². The highest BCUT2D eigenvalue weighted by Gasteiger charge is 2.39. The van der Waals surface area contributed by atoms with Gasteiger partial charge in [0.25, 0.3) is 5.91 Å². The van der Waals surface area contributed by atoms with Gasteiger partial charge in [0, 0.05) is 0 Å². The zero-order valence-corrected chi connectivity index (χ0v) is 11.7. The number of para-hydroxylation sites is 1. The van der Waals surface area contributed by atoms with E-state index < -0.39 is 0 Å². The van der Waals surface area contributed by atoms with Gasteiger partial charge in [-0.3, -0.25) is 9.59 Å². The van der Waals surface area contributed by atoms with Crippen LogP contribution in [0.25, 0.3) is 0 Å². The van der Waals surface area contributed by atoms with Gasteiger partial charge in [-0.25, -0.2) is 4.90 Å². The molecule has 1 saturated heterocycles. The molecular formula is C16H20N2O2. The summed E-state index contributed by atoms with van der Waals surface area (Å²) in [4.78, 5) is 25.7. The molecule has 0 radical (unpaired) electrons. The van der Waals surface area contributed by atoms with E-state index in [9.17, 15) is 9.59 Å². The lowest BCUT2D eigenvalue weighted by Gasteiger charge is -2.17. The molecule has 2 unspecified atom stereocenters. The summed E-state index contributed by atoms with van der Waals surface area (Å²) in [5.41, 5.74) is 0.669. The molecule has 0 bridgehead atoms. The first-order chi connectivity index (χ1) is 9.66. The fourth-order valence-corrected chi connectivity index (χ4v) is 2.80. The number of rotatable bonds is 5. The molecule has 1 aromatic rings. The average Bonchev–Trinajstić information content (AvgIpc) is 3.25. The average molecular weight is 272 g/mol. The van der Waals surface area contributed by atoms with Crippen LogP contribution in [0.5, 0.6) is 0 Å². The van der Waals surface area contributed by atoms with Gasteiger partial charge in [-0.2, -0.15) is 0 Å². The third-order valence-electron chi connectivity index (χ3n) is 4.27. The molecule has 2 aliphatic rings. The normalized spacial score (nSPS) is 24.2. The topological polar surface area (TPSA) is 49.4 Å². The van der Waals surface area contributed by atoms with Crippen molar-refractivity contribution in [2.75, 3.05) is 11.4 Å². The number of benzene rings is 1. The molecule has 2 amide bonds. The maximum Gasteiger partial charge on any atom is 0.251 e. The predicted octanol–water partition coefficient (Wildman–Crippen LogP) is 1.95. The number of carbonyl (C=O) groups is 2. The lowest BCUT2D eigenvalue weighted by Crippen LogP contribution is -2.40. The lowest BCUT2D eigenvalue weighted by molar-refractivity contribution is -0.121. The van der Waals surface area contributed by atoms with Gasteiger partial charge in [0.15, 0.2) is 0 Å². The van der Waals surface area contributed by atoms with Crippen LogP contribution >= 0.6 is 0 Å². The van der Waals surface area contributed by atoms with Gasteiger partial charge < -0.3 is 5.32 Å². The highest BCUT2D eigenvalue weighted by atomic mass is 16.2. The molecule has 2 atom stereocenters. The molecule has 20 heavy (non-hydrogen) atoms. The summed E-state index contributed by atoms with van der Waals surface area (Å²) in [7, 11) is 0. The highest BCUT2D eigenvalue weighted by Crippen LogP contribution is 2.36. The summed E-state index contributed by atoms with van der Waals surface area (Å²) in [6.45, 7) is 3.03. The van der Waals surface area contributed by atoms with Gasteiger partial charge in [-0.05, 0) is 43.4 Å². The predicted molar refractivity (Wildman–Crippen MR) is 77.2 cm³/mol. The molecule has 1 aromatic carbocycles. The van der Waals surface area contributed by atoms with Crippen LogP contribution in [-0.2, 0) is 9.59 Å². The molecule has 106 valence electrons. The van der Waals surface area contributed by atoms with E-state index >= 15 is 0 Å². The van der Waals surface area contributed by atoms with Crippen molar-refractivity contribution < 1.29 is 9.59 Å². The van der Waals surface area contributed by atoms with Crippen molar-refractivity contribution in [2.24, 2.45) is 11.8 Å². The Hall–Kier alpha value is -1.68. The van der Waals surface area contributed by atoms with Crippen molar-refractivity contribution >= 4 is 17.5 Å². The molecule has 1 heterocycles. The zero-order chi connectivity index (χ0) is 14.1. The second-order valence-electron chi connectivity index (χ2n) is 5.88. The molecule has 1 saturated carbocycles. The summed E-state index contributed by atoms with van der Waals surface area (Å²) >= 11 is 0. The maximum absolute atomic E-state index is 12.4. The van der Waals surface area contributed by atoms with Crippen LogP contribution in [0.4, 0.5) is 5.69 Å². The Bertz CT molecular complexity index is 510. The van der Waals surface area contributed by atoms with Crippen LogP contribution in [-0.4, -0.2) is 24.4 Å². The van der Waals surface area contributed by atoms with Crippen molar-refractivity contribution in [3.05, 3.63) is 30.3 Å². The minimum atomic E-state index is -0.357. The molecular weight excluding hydrogens is 252 g/mol. The van der Waals surface area contributed by atoms with Crippen LogP contribution < -0.4 is 10.2 Å². The molecule has 4 heteroatoms. The zero-order valence-electron chi connectivity index (χ0n) is 11.7. The Labute approximate surface area is 119 Å². The smallest absolute Gasteiger partial charge is 0.251 e. The Morgan fingerprint density at radius 3 is 2.60 bits per heavy atom. The minimum absolute atomic E-state index is 0.113. The van der Waals surface area contributed by atoms with Crippen LogP contribution in [0, 0.1) is 11.8 Å². The monoisotopic (exact) mass is 272 g/mol. The number of nitrogens with one attached hydrogen (secondary N) is 1. The van der Waals surface area contributed by atoms with Gasteiger partial charge in [0.05, 0.1) is 18.2 Å². The van der Waals surface area contributed by atoms with Crippen LogP contribution in [0.15, 0.2) is 30.3 Å². The first-order valence-electron chi connectivity index (χ1n) is 7.32. The fourth-order valence-electron chi connectivity index (χ4n) is 2.80. The second kappa shape index (κ2) is 5.37. The van der Waals surface area contributed by atoms with Gasteiger partial charge in [-0.1, -0.05) is 25.1 Å². The van der Waals surface area contributed by atoms with Crippen molar-refractivity contribution in [3.63, 3.8) is 0 Å². The Morgan fingerprint density at radius 2 is 1.95 bits per heavy atom. The standard InChI is InChI=1S/C16H20N2O2/c1-11(12-7-8-12)10-17-14-9-15(19)18(16(14)20)13-5-3-2-4-6-13/h2-6,11-12,14,17H,7-10H2,1H3.